The van der Waals surface area contributed by atoms with Gasteiger partial charge in [0.1, 0.15) is 17.0 Å². The standard InChI is InChI=1S/C23H21FN2O3/c1-2-6-16-7-5-8-17-15-18(23(28)29-21(16)17)22(27)26-13-11-25(12-14-26)20-10-4-3-9-19(20)24/h2-5,7-10,15H,1,6,11-14H2. The molecule has 5 nitrogen and oxygen atoms in total. The third-order valence-electron chi connectivity index (χ3n) is 5.20. The minimum Gasteiger partial charge on any atom is -0.422 e. The van der Waals surface area contributed by atoms with Crippen LogP contribution in [0.1, 0.15) is 15.9 Å². The minimum atomic E-state index is -0.643. The number of fused-ring (bicyclic) bond motifs is 1. The van der Waals surface area contributed by atoms with E-state index >= 15 is 0 Å². The molecule has 29 heavy (non-hydrogen) atoms. The van der Waals surface area contributed by atoms with E-state index in [1.54, 1.807) is 35.2 Å². The molecular formula is C23H21FN2O3. The number of carbonyl (C=O) groups excluding carboxylic acids is 1. The zero-order valence-corrected chi connectivity index (χ0v) is 15.9. The molecule has 1 aliphatic heterocycles. The molecule has 0 unspecified atom stereocenters. The number of anilines is 1. The second-order valence-corrected chi connectivity index (χ2v) is 7.01. The smallest absolute Gasteiger partial charge is 0.349 e. The van der Waals surface area contributed by atoms with Crippen LogP contribution in [0.25, 0.3) is 11.0 Å². The van der Waals surface area contributed by atoms with Gasteiger partial charge in [-0.2, -0.15) is 0 Å². The molecule has 1 aliphatic rings. The first-order valence-electron chi connectivity index (χ1n) is 9.54. The summed E-state index contributed by atoms with van der Waals surface area (Å²) in [5, 5.41) is 0.706. The number of halogens is 1. The van der Waals surface area contributed by atoms with Crippen LogP contribution in [0.5, 0.6) is 0 Å². The number of hydrogen-bond donors (Lipinski definition) is 0. The molecule has 1 fully saturated rings. The molecule has 0 spiro atoms. The highest BCUT2D eigenvalue weighted by Crippen LogP contribution is 2.22. The molecule has 3 aromatic rings. The van der Waals surface area contributed by atoms with Gasteiger partial charge >= 0.3 is 5.63 Å². The fourth-order valence-electron chi connectivity index (χ4n) is 3.70. The first-order chi connectivity index (χ1) is 14.1. The molecule has 0 radical (unpaired) electrons. The Bertz CT molecular complexity index is 1130. The molecule has 0 saturated carbocycles. The zero-order valence-electron chi connectivity index (χ0n) is 15.9. The average Bonchev–Trinajstić information content (AvgIpc) is 2.74. The fourth-order valence-corrected chi connectivity index (χ4v) is 3.70. The van der Waals surface area contributed by atoms with E-state index in [9.17, 15) is 14.0 Å². The number of piperazine rings is 1. The molecule has 1 aromatic heterocycles. The van der Waals surface area contributed by atoms with Crippen molar-refractivity contribution in [2.45, 2.75) is 6.42 Å². The van der Waals surface area contributed by atoms with Crippen molar-refractivity contribution in [2.75, 3.05) is 31.1 Å². The van der Waals surface area contributed by atoms with Crippen LogP contribution in [0.3, 0.4) is 0 Å². The lowest BCUT2D eigenvalue weighted by atomic mass is 10.1. The van der Waals surface area contributed by atoms with E-state index in [2.05, 4.69) is 6.58 Å². The molecule has 6 heteroatoms. The predicted molar refractivity (Wildman–Crippen MR) is 111 cm³/mol. The molecule has 0 bridgehead atoms. The van der Waals surface area contributed by atoms with Crippen molar-refractivity contribution in [3.8, 4) is 0 Å². The van der Waals surface area contributed by atoms with E-state index < -0.39 is 5.63 Å². The molecule has 4 rings (SSSR count). The summed E-state index contributed by atoms with van der Waals surface area (Å²) in [5.41, 5.74) is 1.24. The third kappa shape index (κ3) is 3.66. The molecule has 0 N–H and O–H groups in total. The van der Waals surface area contributed by atoms with Crippen molar-refractivity contribution in [3.63, 3.8) is 0 Å². The molecule has 148 valence electrons. The lowest BCUT2D eigenvalue weighted by molar-refractivity contribution is 0.0742. The van der Waals surface area contributed by atoms with Crippen molar-refractivity contribution in [2.24, 2.45) is 0 Å². The van der Waals surface area contributed by atoms with Crippen molar-refractivity contribution < 1.29 is 13.6 Å². The molecule has 2 aromatic carbocycles. The highest BCUT2D eigenvalue weighted by molar-refractivity contribution is 5.97. The van der Waals surface area contributed by atoms with Crippen LogP contribution in [-0.2, 0) is 6.42 Å². The first-order valence-corrected chi connectivity index (χ1v) is 9.54. The van der Waals surface area contributed by atoms with Gasteiger partial charge in [0.25, 0.3) is 5.91 Å². The normalized spacial score (nSPS) is 14.2. The highest BCUT2D eigenvalue weighted by Gasteiger charge is 2.26. The Kier molecular flexibility index (Phi) is 5.16. The summed E-state index contributed by atoms with van der Waals surface area (Å²) in [5.74, 6) is -0.638. The molecule has 1 amide bonds. The zero-order chi connectivity index (χ0) is 20.4. The van der Waals surface area contributed by atoms with E-state index in [0.29, 0.717) is 49.3 Å². The van der Waals surface area contributed by atoms with Gasteiger partial charge in [0.2, 0.25) is 0 Å². The monoisotopic (exact) mass is 392 g/mol. The highest BCUT2D eigenvalue weighted by atomic mass is 19.1. The Balaban J connectivity index is 1.55. The van der Waals surface area contributed by atoms with Gasteiger partial charge in [-0.25, -0.2) is 9.18 Å². The summed E-state index contributed by atoms with van der Waals surface area (Å²) < 4.78 is 19.5. The van der Waals surface area contributed by atoms with Gasteiger partial charge in [-0.3, -0.25) is 4.79 Å². The van der Waals surface area contributed by atoms with Crippen molar-refractivity contribution in [1.82, 2.24) is 4.90 Å². The van der Waals surface area contributed by atoms with Gasteiger partial charge in [-0.1, -0.05) is 36.4 Å². The molecular weight excluding hydrogens is 371 g/mol. The van der Waals surface area contributed by atoms with Gasteiger partial charge in [0.05, 0.1) is 5.69 Å². The van der Waals surface area contributed by atoms with Gasteiger partial charge in [-0.15, -0.1) is 6.58 Å². The largest absolute Gasteiger partial charge is 0.422 e. The summed E-state index contributed by atoms with van der Waals surface area (Å²) in [6, 6.07) is 13.7. The van der Waals surface area contributed by atoms with Crippen molar-refractivity contribution in [3.05, 3.63) is 88.6 Å². The van der Waals surface area contributed by atoms with Crippen molar-refractivity contribution >= 4 is 22.6 Å². The van der Waals surface area contributed by atoms with Crippen LogP contribution >= 0.6 is 0 Å². The summed E-state index contributed by atoms with van der Waals surface area (Å²) in [6.45, 7) is 5.52. The van der Waals surface area contributed by atoms with Gasteiger partial charge in [-0.05, 0) is 30.2 Å². The van der Waals surface area contributed by atoms with Gasteiger partial charge < -0.3 is 14.2 Å². The maximum Gasteiger partial charge on any atom is 0.349 e. The quantitative estimate of drug-likeness (QED) is 0.503. The Morgan fingerprint density at radius 3 is 2.59 bits per heavy atom. The van der Waals surface area contributed by atoms with E-state index in [1.807, 2.05) is 23.1 Å². The van der Waals surface area contributed by atoms with Gasteiger partial charge in [0.15, 0.2) is 0 Å². The summed E-state index contributed by atoms with van der Waals surface area (Å²) in [4.78, 5) is 29.0. The van der Waals surface area contributed by atoms with E-state index in [0.717, 1.165) is 5.56 Å². The molecule has 0 aliphatic carbocycles. The fraction of sp³-hybridized carbons (Fsp3) is 0.217. The number of benzene rings is 2. The number of hydrogen-bond acceptors (Lipinski definition) is 4. The van der Waals surface area contributed by atoms with Crippen LogP contribution in [0.2, 0.25) is 0 Å². The van der Waals surface area contributed by atoms with Crippen LogP contribution < -0.4 is 10.5 Å². The Labute approximate surface area is 167 Å². The first kappa shape index (κ1) is 18.9. The number of rotatable bonds is 4. The second-order valence-electron chi connectivity index (χ2n) is 7.01. The lowest BCUT2D eigenvalue weighted by Gasteiger charge is -2.36. The maximum absolute atomic E-state index is 14.0. The minimum absolute atomic E-state index is 0.0209. The van der Waals surface area contributed by atoms with Gasteiger partial charge in [0, 0.05) is 31.6 Å². The Morgan fingerprint density at radius 1 is 1.10 bits per heavy atom. The maximum atomic E-state index is 14.0. The topological polar surface area (TPSA) is 53.8 Å². The Morgan fingerprint density at radius 2 is 1.86 bits per heavy atom. The van der Waals surface area contributed by atoms with Crippen LogP contribution in [-0.4, -0.2) is 37.0 Å². The summed E-state index contributed by atoms with van der Waals surface area (Å²) in [6.07, 6.45) is 2.31. The van der Waals surface area contributed by atoms with Crippen LogP contribution in [0.4, 0.5) is 10.1 Å². The number of amides is 1. The lowest BCUT2D eigenvalue weighted by Crippen LogP contribution is -2.49. The number of nitrogens with zero attached hydrogens (tertiary/aromatic N) is 2. The average molecular weight is 392 g/mol. The number of para-hydroxylation sites is 2. The van der Waals surface area contributed by atoms with Crippen LogP contribution in [0.15, 0.2) is 70.4 Å². The molecule has 2 heterocycles. The SMILES string of the molecule is C=CCc1cccc2cc(C(=O)N3CCN(c4ccccc4F)CC3)c(=O)oc12. The van der Waals surface area contributed by atoms with E-state index in [-0.39, 0.29) is 17.3 Å². The Hall–Kier alpha value is -3.41. The van der Waals surface area contributed by atoms with Crippen molar-refractivity contribution in [1.29, 1.82) is 0 Å². The second kappa shape index (κ2) is 7.91. The summed E-state index contributed by atoms with van der Waals surface area (Å²) in [7, 11) is 0. The third-order valence-corrected chi connectivity index (χ3v) is 5.20. The molecule has 0 atom stereocenters. The molecule has 1 saturated heterocycles. The number of carbonyl (C=O) groups is 1. The van der Waals surface area contributed by atoms with E-state index in [4.69, 9.17) is 4.42 Å². The summed E-state index contributed by atoms with van der Waals surface area (Å²) >= 11 is 0. The van der Waals surface area contributed by atoms with E-state index in [1.165, 1.54) is 6.07 Å². The number of allylic oxidation sites excluding steroid dienone is 1. The predicted octanol–water partition coefficient (Wildman–Crippen LogP) is 3.62. The van der Waals surface area contributed by atoms with Crippen LogP contribution in [0, 0.1) is 5.82 Å².